The van der Waals surface area contributed by atoms with Crippen LogP contribution >= 0.6 is 0 Å². The van der Waals surface area contributed by atoms with Gasteiger partial charge in [-0.3, -0.25) is 0 Å². The minimum Gasteiger partial charge on any atom is -0.388 e. The number of aliphatic hydroxyl groups is 1. The highest BCUT2D eigenvalue weighted by Crippen LogP contribution is 2.27. The van der Waals surface area contributed by atoms with Gasteiger partial charge in [0.2, 0.25) is 0 Å². The molecule has 1 unspecified atom stereocenters. The monoisotopic (exact) mass is 273 g/mol. The molecule has 2 rings (SSSR count). The van der Waals surface area contributed by atoms with Crippen LogP contribution in [-0.2, 0) is 13.2 Å². The average Bonchev–Trinajstić information content (AvgIpc) is 2.83. The highest BCUT2D eigenvalue weighted by atomic mass is 16.3. The number of hydrogen-bond donors (Lipinski definition) is 1. The lowest BCUT2D eigenvalue weighted by Crippen LogP contribution is -2.15. The van der Waals surface area contributed by atoms with Crippen molar-refractivity contribution >= 4 is 0 Å². The third-order valence-electron chi connectivity index (χ3n) is 3.47. The number of hydrogen-bond acceptors (Lipinski definition) is 3. The molecule has 0 aliphatic heterocycles. The second-order valence-corrected chi connectivity index (χ2v) is 5.51. The molecule has 20 heavy (non-hydrogen) atoms. The Morgan fingerprint density at radius 3 is 2.40 bits per heavy atom. The fourth-order valence-electron chi connectivity index (χ4n) is 2.54. The first-order valence-electron chi connectivity index (χ1n) is 7.25. The molecule has 4 heteroatoms. The first kappa shape index (κ1) is 14.7. The molecule has 1 atom stereocenters. The second kappa shape index (κ2) is 6.66. The van der Waals surface area contributed by atoms with Crippen LogP contribution in [0.5, 0.6) is 0 Å². The molecule has 1 aromatic carbocycles. The van der Waals surface area contributed by atoms with Crippen molar-refractivity contribution in [3.63, 3.8) is 0 Å². The summed E-state index contributed by atoms with van der Waals surface area (Å²) in [6.45, 7) is 7.25. The fraction of sp³-hybridized carbons (Fsp3) is 0.500. The molecule has 1 aromatic heterocycles. The van der Waals surface area contributed by atoms with E-state index in [4.69, 9.17) is 0 Å². The van der Waals surface area contributed by atoms with E-state index in [2.05, 4.69) is 47.7 Å². The standard InChI is InChI=1S/C16H23N3O/c1-4-14(13-8-6-5-7-9-13)16-18-17-15(11-20)19(16)10-12(2)3/h5-9,12,14,20H,4,10-11H2,1-3H3. The van der Waals surface area contributed by atoms with Crippen molar-refractivity contribution in [3.05, 3.63) is 47.5 Å². The Hall–Kier alpha value is -1.68. The van der Waals surface area contributed by atoms with Gasteiger partial charge in [0.25, 0.3) is 0 Å². The maximum Gasteiger partial charge on any atom is 0.158 e. The minimum absolute atomic E-state index is 0.0645. The van der Waals surface area contributed by atoms with Crippen LogP contribution in [-0.4, -0.2) is 19.9 Å². The largest absolute Gasteiger partial charge is 0.388 e. The molecule has 0 amide bonds. The van der Waals surface area contributed by atoms with Crippen LogP contribution in [0.15, 0.2) is 30.3 Å². The van der Waals surface area contributed by atoms with E-state index in [1.807, 2.05) is 18.2 Å². The molecule has 0 aliphatic rings. The number of nitrogens with zero attached hydrogens (tertiary/aromatic N) is 3. The van der Waals surface area contributed by atoms with Crippen molar-refractivity contribution in [1.29, 1.82) is 0 Å². The van der Waals surface area contributed by atoms with Crippen molar-refractivity contribution in [2.24, 2.45) is 5.92 Å². The van der Waals surface area contributed by atoms with Crippen molar-refractivity contribution < 1.29 is 5.11 Å². The van der Waals surface area contributed by atoms with E-state index in [9.17, 15) is 5.11 Å². The van der Waals surface area contributed by atoms with Gasteiger partial charge in [-0.15, -0.1) is 10.2 Å². The van der Waals surface area contributed by atoms with Crippen LogP contribution in [0, 0.1) is 5.92 Å². The summed E-state index contributed by atoms with van der Waals surface area (Å²) in [7, 11) is 0. The van der Waals surface area contributed by atoms with E-state index in [0.717, 1.165) is 18.8 Å². The quantitative estimate of drug-likeness (QED) is 0.880. The molecule has 0 bridgehead atoms. The second-order valence-electron chi connectivity index (χ2n) is 5.51. The van der Waals surface area contributed by atoms with E-state index >= 15 is 0 Å². The van der Waals surface area contributed by atoms with Crippen LogP contribution in [0.25, 0.3) is 0 Å². The lowest BCUT2D eigenvalue weighted by molar-refractivity contribution is 0.261. The zero-order valence-electron chi connectivity index (χ0n) is 12.5. The van der Waals surface area contributed by atoms with Crippen molar-refractivity contribution in [1.82, 2.24) is 14.8 Å². The summed E-state index contributed by atoms with van der Waals surface area (Å²) in [4.78, 5) is 0. The third kappa shape index (κ3) is 3.07. The third-order valence-corrected chi connectivity index (χ3v) is 3.47. The van der Waals surface area contributed by atoms with Gasteiger partial charge in [-0.1, -0.05) is 51.1 Å². The molecule has 0 radical (unpaired) electrons. The van der Waals surface area contributed by atoms with Gasteiger partial charge in [-0.2, -0.15) is 0 Å². The van der Waals surface area contributed by atoms with Gasteiger partial charge in [0.15, 0.2) is 5.82 Å². The zero-order valence-corrected chi connectivity index (χ0v) is 12.5. The maximum atomic E-state index is 9.45. The van der Waals surface area contributed by atoms with Crippen molar-refractivity contribution in [2.45, 2.75) is 46.3 Å². The molecule has 0 spiro atoms. The summed E-state index contributed by atoms with van der Waals surface area (Å²) in [6.07, 6.45) is 0.964. The maximum absolute atomic E-state index is 9.45. The highest BCUT2D eigenvalue weighted by molar-refractivity contribution is 5.25. The molecular weight excluding hydrogens is 250 g/mol. The number of benzene rings is 1. The van der Waals surface area contributed by atoms with Crippen LogP contribution in [0.3, 0.4) is 0 Å². The van der Waals surface area contributed by atoms with Gasteiger partial charge in [0, 0.05) is 12.5 Å². The van der Waals surface area contributed by atoms with Crippen molar-refractivity contribution in [3.8, 4) is 0 Å². The van der Waals surface area contributed by atoms with Gasteiger partial charge >= 0.3 is 0 Å². The minimum atomic E-state index is -0.0645. The molecule has 0 fully saturated rings. The van der Waals surface area contributed by atoms with E-state index < -0.39 is 0 Å². The van der Waals surface area contributed by atoms with Gasteiger partial charge in [-0.25, -0.2) is 0 Å². The molecule has 0 saturated heterocycles. The predicted octanol–water partition coefficient (Wildman–Crippen LogP) is 2.97. The molecule has 0 saturated carbocycles. The molecule has 1 heterocycles. The fourth-order valence-corrected chi connectivity index (χ4v) is 2.54. The SMILES string of the molecule is CCC(c1ccccc1)c1nnc(CO)n1CC(C)C. The Morgan fingerprint density at radius 1 is 1.15 bits per heavy atom. The van der Waals surface area contributed by atoms with Crippen LogP contribution in [0.2, 0.25) is 0 Å². The normalized spacial score (nSPS) is 12.8. The average molecular weight is 273 g/mol. The van der Waals surface area contributed by atoms with Gasteiger partial charge in [-0.05, 0) is 17.9 Å². The Morgan fingerprint density at radius 2 is 1.85 bits per heavy atom. The number of aromatic nitrogens is 3. The first-order chi connectivity index (χ1) is 9.67. The molecule has 1 N–H and O–H groups in total. The highest BCUT2D eigenvalue weighted by Gasteiger charge is 2.21. The molecule has 2 aromatic rings. The summed E-state index contributed by atoms with van der Waals surface area (Å²) >= 11 is 0. The lowest BCUT2D eigenvalue weighted by Gasteiger charge is -2.18. The van der Waals surface area contributed by atoms with E-state index in [-0.39, 0.29) is 12.5 Å². The molecule has 0 aliphatic carbocycles. The van der Waals surface area contributed by atoms with Crippen LogP contribution < -0.4 is 0 Å². The zero-order chi connectivity index (χ0) is 14.5. The van der Waals surface area contributed by atoms with E-state index in [1.165, 1.54) is 5.56 Å². The summed E-state index contributed by atoms with van der Waals surface area (Å²) in [5.41, 5.74) is 1.25. The molecule has 108 valence electrons. The Labute approximate surface area is 120 Å². The smallest absolute Gasteiger partial charge is 0.158 e. The van der Waals surface area contributed by atoms with Gasteiger partial charge < -0.3 is 9.67 Å². The number of rotatable bonds is 6. The molecule has 4 nitrogen and oxygen atoms in total. The van der Waals surface area contributed by atoms with Crippen molar-refractivity contribution in [2.75, 3.05) is 0 Å². The number of aliphatic hydroxyl groups excluding tert-OH is 1. The summed E-state index contributed by atoms with van der Waals surface area (Å²) in [5, 5.41) is 17.9. The van der Waals surface area contributed by atoms with Crippen LogP contribution in [0.4, 0.5) is 0 Å². The Balaban J connectivity index is 2.42. The molecular formula is C16H23N3O. The predicted molar refractivity (Wildman–Crippen MR) is 79.4 cm³/mol. The van der Waals surface area contributed by atoms with E-state index in [1.54, 1.807) is 0 Å². The Kier molecular flexibility index (Phi) is 4.90. The lowest BCUT2D eigenvalue weighted by atomic mass is 9.95. The van der Waals surface area contributed by atoms with Gasteiger partial charge in [0.1, 0.15) is 12.4 Å². The topological polar surface area (TPSA) is 50.9 Å². The summed E-state index contributed by atoms with van der Waals surface area (Å²) in [6, 6.07) is 10.4. The van der Waals surface area contributed by atoms with Crippen LogP contribution in [0.1, 0.15) is 50.3 Å². The van der Waals surface area contributed by atoms with E-state index in [0.29, 0.717) is 11.7 Å². The Bertz CT molecular complexity index is 534. The summed E-state index contributed by atoms with van der Waals surface area (Å²) in [5.74, 6) is 2.32. The van der Waals surface area contributed by atoms with Gasteiger partial charge in [0.05, 0.1) is 0 Å². The first-order valence-corrected chi connectivity index (χ1v) is 7.25. The summed E-state index contributed by atoms with van der Waals surface area (Å²) < 4.78 is 2.08.